The molecule has 5 rings (SSSR count). The second-order valence-electron chi connectivity index (χ2n) is 6.25. The van der Waals surface area contributed by atoms with Gasteiger partial charge < -0.3 is 4.48 Å². The average Bonchev–Trinajstić information content (AvgIpc) is 2.90. The number of hydrogen-bond acceptors (Lipinski definition) is 2. The lowest BCUT2D eigenvalue weighted by atomic mass is 9.86. The van der Waals surface area contributed by atoms with E-state index in [1.807, 2.05) is 29.1 Å². The van der Waals surface area contributed by atoms with Crippen LogP contribution in [0.25, 0.3) is 11.0 Å². The van der Waals surface area contributed by atoms with Crippen LogP contribution in [0.2, 0.25) is 0 Å². The van der Waals surface area contributed by atoms with Gasteiger partial charge in [0.25, 0.3) is 0 Å². The Morgan fingerprint density at radius 3 is 2.16 bits per heavy atom. The highest BCUT2D eigenvalue weighted by Crippen LogP contribution is 2.33. The quantitative estimate of drug-likeness (QED) is 0.788. The second kappa shape index (κ2) is 4.30. The third-order valence-electron chi connectivity index (χ3n) is 5.14. The van der Waals surface area contributed by atoms with Gasteiger partial charge >= 0.3 is 0 Å². The lowest BCUT2D eigenvalue weighted by molar-refractivity contribution is -0.943. The first-order valence-corrected chi connectivity index (χ1v) is 7.48. The molecule has 0 atom stereocenters. The molecule has 3 aliphatic rings. The van der Waals surface area contributed by atoms with Crippen LogP contribution >= 0.6 is 0 Å². The van der Waals surface area contributed by atoms with Gasteiger partial charge in [-0.3, -0.25) is 0 Å². The number of rotatable bonds is 3. The van der Waals surface area contributed by atoms with Gasteiger partial charge in [-0.25, -0.2) is 0 Å². The van der Waals surface area contributed by atoms with Crippen molar-refractivity contribution in [3.63, 3.8) is 0 Å². The molecular weight excluding hydrogens is 236 g/mol. The van der Waals surface area contributed by atoms with Gasteiger partial charge in [0, 0.05) is 0 Å². The molecule has 0 unspecified atom stereocenters. The molecule has 0 saturated carbocycles. The average molecular weight is 257 g/mol. The van der Waals surface area contributed by atoms with Crippen molar-refractivity contribution in [3.05, 3.63) is 24.3 Å². The third kappa shape index (κ3) is 2.04. The fourth-order valence-electron chi connectivity index (χ4n) is 3.78. The van der Waals surface area contributed by atoms with Crippen LogP contribution in [0, 0.1) is 5.92 Å². The smallest absolute Gasteiger partial charge is 0.113 e. The van der Waals surface area contributed by atoms with Gasteiger partial charge in [0.1, 0.15) is 24.1 Å². The Hall–Kier alpha value is -1.42. The molecule has 1 aromatic carbocycles. The van der Waals surface area contributed by atoms with E-state index in [1.54, 1.807) is 0 Å². The molecule has 2 aromatic rings. The number of piperidine rings is 3. The van der Waals surface area contributed by atoms with Crippen molar-refractivity contribution in [3.8, 4) is 0 Å². The largest absolute Gasteiger partial charge is 0.322 e. The summed E-state index contributed by atoms with van der Waals surface area (Å²) >= 11 is 0. The summed E-state index contributed by atoms with van der Waals surface area (Å²) in [5, 5.41) is 9.14. The fraction of sp³-hybridized carbons (Fsp3) is 0.600. The lowest BCUT2D eigenvalue weighted by Crippen LogP contribution is -2.59. The highest BCUT2D eigenvalue weighted by atomic mass is 15.5. The van der Waals surface area contributed by atoms with Crippen molar-refractivity contribution < 1.29 is 4.48 Å². The van der Waals surface area contributed by atoms with Crippen molar-refractivity contribution in [1.82, 2.24) is 15.0 Å². The van der Waals surface area contributed by atoms with Crippen LogP contribution < -0.4 is 0 Å². The Bertz CT molecular complexity index is 534. The van der Waals surface area contributed by atoms with E-state index in [1.165, 1.54) is 49.9 Å². The van der Waals surface area contributed by atoms with E-state index in [4.69, 9.17) is 0 Å². The topological polar surface area (TPSA) is 30.7 Å². The zero-order chi connectivity index (χ0) is 12.7. The summed E-state index contributed by atoms with van der Waals surface area (Å²) in [6, 6.07) is 8.13. The first-order chi connectivity index (χ1) is 9.33. The Labute approximate surface area is 113 Å². The van der Waals surface area contributed by atoms with Gasteiger partial charge in [0.2, 0.25) is 0 Å². The zero-order valence-electron chi connectivity index (χ0n) is 11.3. The van der Waals surface area contributed by atoms with Crippen LogP contribution in [0.1, 0.15) is 19.3 Å². The van der Waals surface area contributed by atoms with Gasteiger partial charge in [0.05, 0.1) is 19.6 Å². The van der Waals surface area contributed by atoms with E-state index in [-0.39, 0.29) is 0 Å². The predicted octanol–water partition coefficient (Wildman–Crippen LogP) is 2.06. The first-order valence-electron chi connectivity index (χ1n) is 7.48. The van der Waals surface area contributed by atoms with E-state index in [2.05, 4.69) is 10.2 Å². The number of quaternary nitrogens is 1. The summed E-state index contributed by atoms with van der Waals surface area (Å²) in [7, 11) is 0. The summed E-state index contributed by atoms with van der Waals surface area (Å²) in [4.78, 5) is 1.90. The Kier molecular flexibility index (Phi) is 2.58. The second-order valence-corrected chi connectivity index (χ2v) is 6.25. The maximum atomic E-state index is 4.57. The van der Waals surface area contributed by atoms with E-state index in [9.17, 15) is 0 Å². The maximum absolute atomic E-state index is 4.57. The molecule has 0 aliphatic carbocycles. The highest BCUT2D eigenvalue weighted by Gasteiger charge is 2.39. The van der Waals surface area contributed by atoms with Crippen molar-refractivity contribution >= 4 is 11.0 Å². The lowest BCUT2D eigenvalue weighted by Gasteiger charge is -2.49. The molecule has 4 heterocycles. The molecule has 3 fully saturated rings. The molecule has 0 spiro atoms. The Balaban J connectivity index is 1.49. The minimum absolute atomic E-state index is 0.958. The van der Waals surface area contributed by atoms with Gasteiger partial charge in [-0.05, 0) is 37.3 Å². The summed E-state index contributed by atoms with van der Waals surface area (Å²) in [6.45, 7) is 6.30. The number of benzene rings is 1. The molecule has 0 N–H and O–H groups in total. The normalized spacial score (nSPS) is 30.0. The van der Waals surface area contributed by atoms with Crippen molar-refractivity contribution in [2.45, 2.75) is 25.8 Å². The van der Waals surface area contributed by atoms with E-state index in [0.717, 1.165) is 23.5 Å². The molecule has 4 heteroatoms. The third-order valence-corrected chi connectivity index (χ3v) is 5.14. The molecule has 4 nitrogen and oxygen atoms in total. The molecule has 1 aromatic heterocycles. The van der Waals surface area contributed by atoms with Crippen LogP contribution in [0.3, 0.4) is 0 Å². The predicted molar refractivity (Wildman–Crippen MR) is 74.6 cm³/mol. The summed E-state index contributed by atoms with van der Waals surface area (Å²) < 4.78 is 1.31. The van der Waals surface area contributed by atoms with E-state index >= 15 is 0 Å². The molecule has 0 radical (unpaired) electrons. The number of hydrogen-bond donors (Lipinski definition) is 0. The number of nitrogens with zero attached hydrogens (tertiary/aromatic N) is 4. The number of aromatic nitrogens is 3. The van der Waals surface area contributed by atoms with Crippen molar-refractivity contribution in [2.24, 2.45) is 5.92 Å². The number of fused-ring (bicyclic) bond motifs is 4. The molecule has 100 valence electrons. The Morgan fingerprint density at radius 2 is 1.58 bits per heavy atom. The zero-order valence-corrected chi connectivity index (χ0v) is 11.3. The molecular formula is C15H21N4+. The molecule has 19 heavy (non-hydrogen) atoms. The minimum Gasteiger partial charge on any atom is -0.322 e. The summed E-state index contributed by atoms with van der Waals surface area (Å²) in [5.74, 6) is 1.03. The van der Waals surface area contributed by atoms with Crippen LogP contribution in [-0.2, 0) is 6.54 Å². The standard InChI is InChI=1S/C15H21N4/c1-2-4-15-14(3-1)16-18(17-15)8-12-19-9-5-13(6-10-19)7-11-19/h1-4,13H,5-12H2/q+1. The fourth-order valence-corrected chi connectivity index (χ4v) is 3.78. The van der Waals surface area contributed by atoms with Crippen LogP contribution in [0.15, 0.2) is 24.3 Å². The summed E-state index contributed by atoms with van der Waals surface area (Å²) in [5.41, 5.74) is 2.03. The van der Waals surface area contributed by atoms with Crippen LogP contribution in [-0.4, -0.2) is 45.7 Å². The molecule has 3 saturated heterocycles. The monoisotopic (exact) mass is 257 g/mol. The van der Waals surface area contributed by atoms with Crippen molar-refractivity contribution in [2.75, 3.05) is 26.2 Å². The molecule has 0 amide bonds. The Morgan fingerprint density at radius 1 is 1.00 bits per heavy atom. The van der Waals surface area contributed by atoms with Gasteiger partial charge in [-0.15, -0.1) is 0 Å². The SMILES string of the molecule is c1ccc2nn(CC[N+]34CCC(CC3)CC4)nc2c1. The summed E-state index contributed by atoms with van der Waals surface area (Å²) in [6.07, 6.45) is 4.32. The van der Waals surface area contributed by atoms with E-state index in [0.29, 0.717) is 0 Å². The van der Waals surface area contributed by atoms with Gasteiger partial charge in [-0.1, -0.05) is 12.1 Å². The first kappa shape index (κ1) is 11.4. The molecule has 3 aliphatic heterocycles. The van der Waals surface area contributed by atoms with Crippen LogP contribution in [0.4, 0.5) is 0 Å². The van der Waals surface area contributed by atoms with Gasteiger partial charge in [-0.2, -0.15) is 15.0 Å². The van der Waals surface area contributed by atoms with E-state index < -0.39 is 0 Å². The maximum Gasteiger partial charge on any atom is 0.113 e. The van der Waals surface area contributed by atoms with Gasteiger partial charge in [0.15, 0.2) is 0 Å². The van der Waals surface area contributed by atoms with Crippen LogP contribution in [0.5, 0.6) is 0 Å². The highest BCUT2D eigenvalue weighted by molar-refractivity contribution is 5.72. The van der Waals surface area contributed by atoms with Crippen molar-refractivity contribution in [1.29, 1.82) is 0 Å². The molecule has 2 bridgehead atoms. The minimum atomic E-state index is 0.958.